The molecule has 0 radical (unpaired) electrons. The molecule has 0 bridgehead atoms. The van der Waals surface area contributed by atoms with Gasteiger partial charge in [0, 0.05) is 49.7 Å². The van der Waals surface area contributed by atoms with Crippen LogP contribution in [0.2, 0.25) is 0 Å². The second-order valence-electron chi connectivity index (χ2n) is 12.1. The lowest BCUT2D eigenvalue weighted by Crippen LogP contribution is -2.47. The maximum absolute atomic E-state index is 13.5. The smallest absolute Gasteiger partial charge is 0.243 e. The molecule has 1 fully saturated rings. The normalized spacial score (nSPS) is 21.7. The van der Waals surface area contributed by atoms with E-state index in [2.05, 4.69) is 34.3 Å². The second kappa shape index (κ2) is 10.8. The zero-order chi connectivity index (χ0) is 27.9. The molecule has 2 aromatic carbocycles. The number of rotatable bonds is 6. The Labute approximate surface area is 233 Å². The molecule has 2 aromatic rings. The molecular weight excluding hydrogens is 512 g/mol. The van der Waals surface area contributed by atoms with Gasteiger partial charge in [0.25, 0.3) is 0 Å². The largest absolute Gasteiger partial charge is 0.497 e. The van der Waals surface area contributed by atoms with Crippen LogP contribution in [0.1, 0.15) is 55.4 Å². The van der Waals surface area contributed by atoms with Crippen LogP contribution in [-0.4, -0.2) is 81.4 Å². The van der Waals surface area contributed by atoms with Crippen LogP contribution in [0.5, 0.6) is 5.75 Å². The molecule has 212 valence electrons. The maximum atomic E-state index is 13.5. The van der Waals surface area contributed by atoms with Gasteiger partial charge in [-0.3, -0.25) is 9.69 Å². The van der Waals surface area contributed by atoms with Crippen LogP contribution in [-0.2, 0) is 33.2 Å². The molecule has 1 saturated heterocycles. The minimum absolute atomic E-state index is 0.0981. The minimum Gasteiger partial charge on any atom is -0.497 e. The van der Waals surface area contributed by atoms with Crippen molar-refractivity contribution in [3.8, 4) is 5.75 Å². The fraction of sp³-hybridized carbons (Fsp3) is 0.567. The highest BCUT2D eigenvalue weighted by Crippen LogP contribution is 2.41. The first-order chi connectivity index (χ1) is 18.5. The Kier molecular flexibility index (Phi) is 7.81. The summed E-state index contributed by atoms with van der Waals surface area (Å²) < 4.78 is 33.9. The number of anilines is 1. The van der Waals surface area contributed by atoms with Gasteiger partial charge in [-0.1, -0.05) is 19.9 Å². The molecule has 5 rings (SSSR count). The van der Waals surface area contributed by atoms with E-state index in [0.29, 0.717) is 28.8 Å². The Hall–Kier alpha value is -2.46. The van der Waals surface area contributed by atoms with E-state index in [1.807, 2.05) is 26.0 Å². The van der Waals surface area contributed by atoms with Gasteiger partial charge in [0.05, 0.1) is 12.0 Å². The van der Waals surface area contributed by atoms with Gasteiger partial charge in [-0.05, 0) is 92.8 Å². The van der Waals surface area contributed by atoms with Crippen LogP contribution in [0.15, 0.2) is 35.2 Å². The number of nitrogens with zero attached hydrogens (tertiary/aromatic N) is 3. The zero-order valence-electron chi connectivity index (χ0n) is 23.9. The Morgan fingerprint density at radius 2 is 1.85 bits per heavy atom. The molecule has 9 heteroatoms. The SMILES string of the molecule is COc1cc(C)c2c(c1)C(C)(C)CN(CCC(=O)Nc1ccc3c(c1)CCN(C1CCN(C)CC1)C3)S2(=O)=O. The summed E-state index contributed by atoms with van der Waals surface area (Å²) in [6, 6.07) is 10.4. The first-order valence-electron chi connectivity index (χ1n) is 14.0. The molecule has 1 N–H and O–H groups in total. The van der Waals surface area contributed by atoms with Crippen molar-refractivity contribution in [2.75, 3.05) is 52.2 Å². The van der Waals surface area contributed by atoms with Crippen molar-refractivity contribution in [2.45, 2.75) is 69.4 Å². The number of sulfonamides is 1. The lowest BCUT2D eigenvalue weighted by Gasteiger charge is -2.40. The van der Waals surface area contributed by atoms with E-state index in [4.69, 9.17) is 4.74 Å². The molecule has 0 aromatic heterocycles. The number of piperidine rings is 1. The molecule has 3 aliphatic heterocycles. The quantitative estimate of drug-likeness (QED) is 0.586. The molecule has 3 heterocycles. The highest BCUT2D eigenvalue weighted by Gasteiger charge is 2.42. The van der Waals surface area contributed by atoms with Crippen molar-refractivity contribution in [3.05, 3.63) is 52.6 Å². The number of benzene rings is 2. The van der Waals surface area contributed by atoms with Crippen LogP contribution >= 0.6 is 0 Å². The van der Waals surface area contributed by atoms with Gasteiger partial charge in [0.15, 0.2) is 0 Å². The second-order valence-corrected chi connectivity index (χ2v) is 14.0. The third-order valence-electron chi connectivity index (χ3n) is 8.71. The van der Waals surface area contributed by atoms with E-state index in [0.717, 1.165) is 43.9 Å². The molecule has 0 atom stereocenters. The predicted molar refractivity (Wildman–Crippen MR) is 154 cm³/mol. The zero-order valence-corrected chi connectivity index (χ0v) is 24.7. The Morgan fingerprint density at radius 1 is 1.10 bits per heavy atom. The van der Waals surface area contributed by atoms with Gasteiger partial charge >= 0.3 is 0 Å². The van der Waals surface area contributed by atoms with Gasteiger partial charge in [-0.15, -0.1) is 0 Å². The molecule has 39 heavy (non-hydrogen) atoms. The maximum Gasteiger partial charge on any atom is 0.243 e. The lowest BCUT2D eigenvalue weighted by atomic mass is 9.83. The van der Waals surface area contributed by atoms with Crippen molar-refractivity contribution < 1.29 is 17.9 Å². The van der Waals surface area contributed by atoms with Crippen molar-refractivity contribution in [2.24, 2.45) is 0 Å². The number of methoxy groups -OCH3 is 1. The number of carbonyl (C=O) groups excluding carboxylic acids is 1. The summed E-state index contributed by atoms with van der Waals surface area (Å²) in [7, 11) is 0.0658. The van der Waals surface area contributed by atoms with Crippen molar-refractivity contribution in [1.82, 2.24) is 14.1 Å². The summed E-state index contributed by atoms with van der Waals surface area (Å²) in [5, 5.41) is 3.01. The predicted octanol–water partition coefficient (Wildman–Crippen LogP) is 3.77. The summed E-state index contributed by atoms with van der Waals surface area (Å²) in [5.41, 5.74) is 4.43. The number of nitrogens with one attached hydrogen (secondary N) is 1. The monoisotopic (exact) mass is 554 g/mol. The van der Waals surface area contributed by atoms with E-state index in [1.54, 1.807) is 20.1 Å². The number of hydrogen-bond donors (Lipinski definition) is 1. The number of likely N-dealkylation sites (tertiary alicyclic amines) is 1. The van der Waals surface area contributed by atoms with E-state index in [-0.39, 0.29) is 18.9 Å². The highest BCUT2D eigenvalue weighted by atomic mass is 32.2. The van der Waals surface area contributed by atoms with E-state index in [1.165, 1.54) is 28.3 Å². The Balaban J connectivity index is 1.22. The summed E-state index contributed by atoms with van der Waals surface area (Å²) in [4.78, 5) is 18.3. The van der Waals surface area contributed by atoms with Gasteiger partial charge in [-0.2, -0.15) is 4.31 Å². The average Bonchev–Trinajstić information content (AvgIpc) is 2.89. The third-order valence-corrected chi connectivity index (χ3v) is 10.8. The van der Waals surface area contributed by atoms with Gasteiger partial charge in [0.1, 0.15) is 5.75 Å². The summed E-state index contributed by atoms with van der Waals surface area (Å²) in [6.45, 7) is 10.7. The Morgan fingerprint density at radius 3 is 2.56 bits per heavy atom. The average molecular weight is 555 g/mol. The van der Waals surface area contributed by atoms with Crippen LogP contribution < -0.4 is 10.1 Å². The van der Waals surface area contributed by atoms with Crippen molar-refractivity contribution >= 4 is 21.6 Å². The molecule has 0 spiro atoms. The molecule has 1 amide bonds. The van der Waals surface area contributed by atoms with Gasteiger partial charge in [0.2, 0.25) is 15.9 Å². The number of amides is 1. The van der Waals surface area contributed by atoms with Crippen LogP contribution in [0, 0.1) is 6.92 Å². The summed E-state index contributed by atoms with van der Waals surface area (Å²) >= 11 is 0. The fourth-order valence-electron chi connectivity index (χ4n) is 6.42. The standard InChI is InChI=1S/C30H42N4O4S/c1-21-16-26(38-5)18-27-29(21)39(36,37)34(20-30(27,2)3)15-11-28(35)31-24-7-6-23-19-33(14-8-22(23)17-24)25-9-12-32(4)13-10-25/h6-7,16-18,25H,8-15,19-20H2,1-5H3,(H,31,35). The highest BCUT2D eigenvalue weighted by molar-refractivity contribution is 7.89. The molecule has 3 aliphatic rings. The number of fused-ring (bicyclic) bond motifs is 2. The minimum atomic E-state index is -3.72. The fourth-order valence-corrected chi connectivity index (χ4v) is 8.58. The topological polar surface area (TPSA) is 82.2 Å². The number of ether oxygens (including phenoxy) is 1. The molecule has 8 nitrogen and oxygen atoms in total. The van der Waals surface area contributed by atoms with E-state index in [9.17, 15) is 13.2 Å². The van der Waals surface area contributed by atoms with Crippen molar-refractivity contribution in [1.29, 1.82) is 0 Å². The van der Waals surface area contributed by atoms with Crippen LogP contribution in [0.25, 0.3) is 0 Å². The van der Waals surface area contributed by atoms with Crippen LogP contribution in [0.3, 0.4) is 0 Å². The Bertz CT molecular complexity index is 1350. The summed E-state index contributed by atoms with van der Waals surface area (Å²) in [5.74, 6) is 0.478. The molecular formula is C30H42N4O4S. The lowest BCUT2D eigenvalue weighted by molar-refractivity contribution is -0.116. The summed E-state index contributed by atoms with van der Waals surface area (Å²) in [6.07, 6.45) is 3.53. The van der Waals surface area contributed by atoms with Crippen molar-refractivity contribution in [3.63, 3.8) is 0 Å². The number of carbonyl (C=O) groups is 1. The number of hydrogen-bond acceptors (Lipinski definition) is 6. The molecule has 0 aliphatic carbocycles. The van der Waals surface area contributed by atoms with Gasteiger partial charge < -0.3 is 15.0 Å². The molecule has 0 saturated carbocycles. The van der Waals surface area contributed by atoms with Crippen LogP contribution in [0.4, 0.5) is 5.69 Å². The first-order valence-corrected chi connectivity index (χ1v) is 15.5. The number of aryl methyl sites for hydroxylation is 1. The third kappa shape index (κ3) is 5.73. The van der Waals surface area contributed by atoms with Gasteiger partial charge in [-0.25, -0.2) is 8.42 Å². The molecule has 0 unspecified atom stereocenters. The van der Waals surface area contributed by atoms with E-state index < -0.39 is 15.4 Å². The first kappa shape index (κ1) is 28.1. The van der Waals surface area contributed by atoms with E-state index >= 15 is 0 Å².